The summed E-state index contributed by atoms with van der Waals surface area (Å²) in [5.41, 5.74) is 1.42. The molecule has 0 spiro atoms. The molecule has 6 nitrogen and oxygen atoms in total. The number of nitrogens with zero attached hydrogens (tertiary/aromatic N) is 4. The molecule has 1 saturated carbocycles. The molecule has 0 aromatic carbocycles. The van der Waals surface area contributed by atoms with Gasteiger partial charge in [-0.2, -0.15) is 0 Å². The van der Waals surface area contributed by atoms with Crippen LogP contribution in [0.15, 0.2) is 35.3 Å². The molecule has 0 radical (unpaired) electrons. The fraction of sp³-hybridized carbons (Fsp3) is 0.471. The lowest BCUT2D eigenvalue weighted by molar-refractivity contribution is -0.134. The van der Waals surface area contributed by atoms with Gasteiger partial charge in [0.1, 0.15) is 5.65 Å². The number of pyridine rings is 1. The van der Waals surface area contributed by atoms with E-state index in [1.165, 1.54) is 0 Å². The first-order valence-corrected chi connectivity index (χ1v) is 8.19. The quantitative estimate of drug-likeness (QED) is 0.839. The number of amides is 1. The fourth-order valence-corrected chi connectivity index (χ4v) is 3.13. The predicted molar refractivity (Wildman–Crippen MR) is 86.0 cm³/mol. The van der Waals surface area contributed by atoms with Gasteiger partial charge in [0.15, 0.2) is 0 Å². The maximum atomic E-state index is 12.1. The van der Waals surface area contributed by atoms with Gasteiger partial charge < -0.3 is 4.90 Å². The van der Waals surface area contributed by atoms with E-state index in [2.05, 4.69) is 9.88 Å². The molecule has 120 valence electrons. The lowest BCUT2D eigenvalue weighted by Gasteiger charge is -2.34. The molecule has 1 amide bonds. The van der Waals surface area contributed by atoms with Crippen LogP contribution in [0.5, 0.6) is 0 Å². The van der Waals surface area contributed by atoms with Crippen molar-refractivity contribution in [3.8, 4) is 0 Å². The molecule has 0 atom stereocenters. The molecule has 1 aliphatic heterocycles. The third kappa shape index (κ3) is 2.99. The summed E-state index contributed by atoms with van der Waals surface area (Å²) in [4.78, 5) is 33.0. The number of carbonyl (C=O) groups excluding carboxylic acids is 1. The predicted octanol–water partition coefficient (Wildman–Crippen LogP) is 0.749. The van der Waals surface area contributed by atoms with Gasteiger partial charge in [0.2, 0.25) is 5.91 Å². The lowest BCUT2D eigenvalue weighted by atomic mass is 10.2. The Morgan fingerprint density at radius 2 is 1.96 bits per heavy atom. The van der Waals surface area contributed by atoms with E-state index in [0.29, 0.717) is 24.0 Å². The van der Waals surface area contributed by atoms with E-state index in [1.54, 1.807) is 16.7 Å². The van der Waals surface area contributed by atoms with Crippen LogP contribution in [0.25, 0.3) is 5.65 Å². The first kappa shape index (κ1) is 14.4. The molecule has 2 aliphatic rings. The van der Waals surface area contributed by atoms with Crippen molar-refractivity contribution in [2.24, 2.45) is 5.92 Å². The van der Waals surface area contributed by atoms with E-state index in [1.807, 2.05) is 23.1 Å². The van der Waals surface area contributed by atoms with Crippen LogP contribution in [0.4, 0.5) is 0 Å². The molecule has 0 N–H and O–H groups in total. The van der Waals surface area contributed by atoms with Gasteiger partial charge in [-0.05, 0) is 25.0 Å². The lowest BCUT2D eigenvalue weighted by Crippen LogP contribution is -2.48. The highest BCUT2D eigenvalue weighted by Crippen LogP contribution is 2.31. The molecule has 0 bridgehead atoms. The second kappa shape index (κ2) is 5.77. The van der Waals surface area contributed by atoms with Crippen molar-refractivity contribution in [1.82, 2.24) is 19.2 Å². The fourth-order valence-electron chi connectivity index (χ4n) is 3.13. The highest BCUT2D eigenvalue weighted by atomic mass is 16.2. The average Bonchev–Trinajstić information content (AvgIpc) is 3.40. The van der Waals surface area contributed by atoms with Crippen molar-refractivity contribution in [2.45, 2.75) is 19.4 Å². The Morgan fingerprint density at radius 3 is 2.70 bits per heavy atom. The first-order valence-electron chi connectivity index (χ1n) is 8.19. The minimum Gasteiger partial charge on any atom is -0.340 e. The minimum atomic E-state index is -0.0480. The second-order valence-corrected chi connectivity index (χ2v) is 6.39. The van der Waals surface area contributed by atoms with Crippen LogP contribution < -0.4 is 5.56 Å². The number of aromatic nitrogens is 2. The second-order valence-electron chi connectivity index (χ2n) is 6.39. The summed E-state index contributed by atoms with van der Waals surface area (Å²) in [7, 11) is 0. The molecule has 0 unspecified atom stereocenters. The maximum Gasteiger partial charge on any atom is 0.258 e. The van der Waals surface area contributed by atoms with E-state index in [9.17, 15) is 9.59 Å². The SMILES string of the molecule is O=C(C1CC1)N1CCN(Cc2cc(=O)n3ccccc3n2)CC1. The Balaban J connectivity index is 1.43. The van der Waals surface area contributed by atoms with Crippen LogP contribution in [0.2, 0.25) is 0 Å². The Kier molecular flexibility index (Phi) is 3.61. The smallest absolute Gasteiger partial charge is 0.258 e. The van der Waals surface area contributed by atoms with E-state index < -0.39 is 0 Å². The zero-order valence-electron chi connectivity index (χ0n) is 13.0. The third-order valence-corrected chi connectivity index (χ3v) is 4.62. The van der Waals surface area contributed by atoms with E-state index in [0.717, 1.165) is 44.7 Å². The zero-order chi connectivity index (χ0) is 15.8. The van der Waals surface area contributed by atoms with Crippen molar-refractivity contribution in [3.05, 3.63) is 46.5 Å². The maximum absolute atomic E-state index is 12.1. The van der Waals surface area contributed by atoms with Crippen LogP contribution in [0, 0.1) is 5.92 Å². The van der Waals surface area contributed by atoms with Crippen molar-refractivity contribution >= 4 is 11.6 Å². The van der Waals surface area contributed by atoms with Gasteiger partial charge in [-0.3, -0.25) is 18.9 Å². The van der Waals surface area contributed by atoms with E-state index in [4.69, 9.17) is 0 Å². The standard InChI is InChI=1S/C17H20N4O2/c22-16-11-14(18-15-3-1-2-6-21(15)16)12-19-7-9-20(10-8-19)17(23)13-4-5-13/h1-3,6,11,13H,4-5,7-10,12H2. The molecule has 23 heavy (non-hydrogen) atoms. The van der Waals surface area contributed by atoms with Crippen molar-refractivity contribution < 1.29 is 4.79 Å². The van der Waals surface area contributed by atoms with Gasteiger partial charge >= 0.3 is 0 Å². The monoisotopic (exact) mass is 312 g/mol. The van der Waals surface area contributed by atoms with Crippen LogP contribution in [0.3, 0.4) is 0 Å². The van der Waals surface area contributed by atoms with Crippen LogP contribution in [-0.4, -0.2) is 51.3 Å². The van der Waals surface area contributed by atoms with Crippen molar-refractivity contribution in [2.75, 3.05) is 26.2 Å². The molecular weight excluding hydrogens is 292 g/mol. The molecule has 4 rings (SSSR count). The topological polar surface area (TPSA) is 57.9 Å². The Bertz CT molecular complexity index is 789. The van der Waals surface area contributed by atoms with Gasteiger partial charge in [-0.15, -0.1) is 0 Å². The number of hydrogen-bond acceptors (Lipinski definition) is 4. The van der Waals surface area contributed by atoms with Crippen LogP contribution in [0.1, 0.15) is 18.5 Å². The largest absolute Gasteiger partial charge is 0.340 e. The summed E-state index contributed by atoms with van der Waals surface area (Å²) in [6.45, 7) is 3.90. The van der Waals surface area contributed by atoms with Crippen molar-refractivity contribution in [3.63, 3.8) is 0 Å². The summed E-state index contributed by atoms with van der Waals surface area (Å²) < 4.78 is 1.55. The van der Waals surface area contributed by atoms with Gasteiger partial charge in [-0.1, -0.05) is 6.07 Å². The Morgan fingerprint density at radius 1 is 1.17 bits per heavy atom. The molecule has 6 heteroatoms. The van der Waals surface area contributed by atoms with Crippen LogP contribution in [-0.2, 0) is 11.3 Å². The molecule has 1 saturated heterocycles. The summed E-state index contributed by atoms with van der Waals surface area (Å²) in [6, 6.07) is 7.16. The molecular formula is C17H20N4O2. The summed E-state index contributed by atoms with van der Waals surface area (Å²) in [5.74, 6) is 0.621. The highest BCUT2D eigenvalue weighted by Gasteiger charge is 2.34. The van der Waals surface area contributed by atoms with Gasteiger partial charge in [-0.25, -0.2) is 4.98 Å². The van der Waals surface area contributed by atoms with E-state index >= 15 is 0 Å². The number of piperazine rings is 1. The third-order valence-electron chi connectivity index (χ3n) is 4.62. The Hall–Kier alpha value is -2.21. The number of hydrogen-bond donors (Lipinski definition) is 0. The molecule has 2 aromatic rings. The summed E-state index contributed by atoms with van der Waals surface area (Å²) in [6.07, 6.45) is 3.85. The summed E-state index contributed by atoms with van der Waals surface area (Å²) >= 11 is 0. The van der Waals surface area contributed by atoms with Gasteiger partial charge in [0, 0.05) is 50.9 Å². The molecule has 2 fully saturated rings. The van der Waals surface area contributed by atoms with Crippen LogP contribution >= 0.6 is 0 Å². The summed E-state index contributed by atoms with van der Waals surface area (Å²) in [5, 5.41) is 0. The van der Waals surface area contributed by atoms with Crippen molar-refractivity contribution in [1.29, 1.82) is 0 Å². The molecule has 3 heterocycles. The average molecular weight is 312 g/mol. The minimum absolute atomic E-state index is 0.0480. The number of fused-ring (bicyclic) bond motifs is 1. The van der Waals surface area contributed by atoms with Gasteiger partial charge in [0.25, 0.3) is 5.56 Å². The zero-order valence-corrected chi connectivity index (χ0v) is 13.0. The van der Waals surface area contributed by atoms with Gasteiger partial charge in [0.05, 0.1) is 5.69 Å². The number of rotatable bonds is 3. The van der Waals surface area contributed by atoms with E-state index in [-0.39, 0.29) is 5.56 Å². The first-order chi connectivity index (χ1) is 11.2. The number of carbonyl (C=O) groups is 1. The highest BCUT2D eigenvalue weighted by molar-refractivity contribution is 5.81. The molecule has 1 aliphatic carbocycles. The molecule has 2 aromatic heterocycles. The Labute approximate surface area is 134 Å². The normalized spacial score (nSPS) is 19.2.